The fraction of sp³-hybridized carbons (Fsp3) is 0.364. The molecule has 0 aromatic heterocycles. The summed E-state index contributed by atoms with van der Waals surface area (Å²) in [5, 5.41) is 5.35. The minimum atomic E-state index is -0.682. The molecule has 2 aromatic rings. The molecule has 29 heavy (non-hydrogen) atoms. The molecule has 4 rings (SSSR count). The van der Waals surface area contributed by atoms with E-state index in [4.69, 9.17) is 9.47 Å². The maximum absolute atomic E-state index is 13.9. The van der Waals surface area contributed by atoms with Crippen molar-refractivity contribution < 1.29 is 23.5 Å². The predicted molar refractivity (Wildman–Crippen MR) is 107 cm³/mol. The molecule has 7 heteroatoms. The van der Waals surface area contributed by atoms with Gasteiger partial charge in [0.1, 0.15) is 19.0 Å². The first-order valence-electron chi connectivity index (χ1n) is 9.77. The molecule has 152 valence electrons. The maximum Gasteiger partial charge on any atom is 0.235 e. The van der Waals surface area contributed by atoms with Gasteiger partial charge >= 0.3 is 0 Å². The molecule has 0 spiro atoms. The van der Waals surface area contributed by atoms with Crippen LogP contribution in [-0.4, -0.2) is 25.0 Å². The first-order chi connectivity index (χ1) is 14.0. The molecule has 0 unspecified atom stereocenters. The second kappa shape index (κ2) is 7.73. The zero-order valence-corrected chi connectivity index (χ0v) is 16.2. The Hall–Kier alpha value is -3.09. The van der Waals surface area contributed by atoms with E-state index in [9.17, 15) is 14.0 Å². The van der Waals surface area contributed by atoms with Crippen molar-refractivity contribution in [3.8, 4) is 11.5 Å². The topological polar surface area (TPSA) is 76.7 Å². The lowest BCUT2D eigenvalue weighted by Gasteiger charge is -2.30. The first kappa shape index (κ1) is 19.2. The largest absolute Gasteiger partial charge is 0.486 e. The van der Waals surface area contributed by atoms with Crippen LogP contribution in [0.2, 0.25) is 0 Å². The minimum Gasteiger partial charge on any atom is -0.486 e. The molecule has 1 saturated carbocycles. The molecule has 6 nitrogen and oxygen atoms in total. The van der Waals surface area contributed by atoms with E-state index in [1.165, 1.54) is 25.1 Å². The fourth-order valence-electron chi connectivity index (χ4n) is 4.11. The Morgan fingerprint density at radius 3 is 2.41 bits per heavy atom. The van der Waals surface area contributed by atoms with E-state index >= 15 is 0 Å². The predicted octanol–water partition coefficient (Wildman–Crippen LogP) is 4.01. The number of carbonyl (C=O) groups excluding carboxylic acids is 2. The van der Waals surface area contributed by atoms with Gasteiger partial charge in [-0.25, -0.2) is 4.39 Å². The summed E-state index contributed by atoms with van der Waals surface area (Å²) in [5.41, 5.74) is 0.679. The number of carbonyl (C=O) groups is 2. The second-order valence-corrected chi connectivity index (χ2v) is 7.48. The quantitative estimate of drug-likeness (QED) is 0.816. The summed E-state index contributed by atoms with van der Waals surface area (Å²) in [6.07, 6.45) is 3.33. The van der Waals surface area contributed by atoms with E-state index in [1.807, 2.05) is 18.2 Å². The van der Waals surface area contributed by atoms with E-state index in [0.29, 0.717) is 30.4 Å². The highest BCUT2D eigenvalue weighted by molar-refractivity contribution is 6.00. The Kier molecular flexibility index (Phi) is 5.13. The number of benzene rings is 2. The molecule has 0 atom stereocenters. The van der Waals surface area contributed by atoms with Crippen LogP contribution >= 0.6 is 0 Å². The molecule has 0 saturated heterocycles. The van der Waals surface area contributed by atoms with Crippen molar-refractivity contribution in [3.05, 3.63) is 47.8 Å². The Balaban J connectivity index is 1.62. The highest BCUT2D eigenvalue weighted by Gasteiger charge is 2.43. The number of hydrogen-bond donors (Lipinski definition) is 2. The molecule has 1 aliphatic heterocycles. The van der Waals surface area contributed by atoms with E-state index < -0.39 is 11.2 Å². The maximum atomic E-state index is 13.9. The summed E-state index contributed by atoms with van der Waals surface area (Å²) in [5.74, 6) is 0.262. The monoisotopic (exact) mass is 398 g/mol. The van der Waals surface area contributed by atoms with Crippen molar-refractivity contribution in [2.24, 2.45) is 0 Å². The van der Waals surface area contributed by atoms with Crippen LogP contribution in [0.3, 0.4) is 0 Å². The Morgan fingerprint density at radius 2 is 1.69 bits per heavy atom. The number of fused-ring (bicyclic) bond motifs is 1. The number of amides is 2. The highest BCUT2D eigenvalue weighted by atomic mass is 19.1. The van der Waals surface area contributed by atoms with Crippen LogP contribution in [0, 0.1) is 5.82 Å². The minimum absolute atomic E-state index is 0.0371. The van der Waals surface area contributed by atoms with Crippen molar-refractivity contribution in [1.82, 2.24) is 0 Å². The van der Waals surface area contributed by atoms with Gasteiger partial charge in [0.05, 0.1) is 11.1 Å². The van der Waals surface area contributed by atoms with Crippen molar-refractivity contribution >= 4 is 23.2 Å². The van der Waals surface area contributed by atoms with E-state index in [-0.39, 0.29) is 17.5 Å². The lowest BCUT2D eigenvalue weighted by molar-refractivity contribution is -0.121. The normalized spacial score (nSPS) is 16.9. The van der Waals surface area contributed by atoms with Gasteiger partial charge in [-0.1, -0.05) is 18.9 Å². The number of ether oxygens (including phenoxy) is 2. The van der Waals surface area contributed by atoms with Gasteiger partial charge in [-0.15, -0.1) is 0 Å². The smallest absolute Gasteiger partial charge is 0.235 e. The van der Waals surface area contributed by atoms with Crippen LogP contribution in [0.5, 0.6) is 11.5 Å². The zero-order valence-electron chi connectivity index (χ0n) is 16.2. The van der Waals surface area contributed by atoms with Crippen molar-refractivity contribution in [1.29, 1.82) is 0 Å². The molecule has 1 fully saturated rings. The summed E-state index contributed by atoms with van der Waals surface area (Å²) in [6.45, 7) is 2.30. The summed E-state index contributed by atoms with van der Waals surface area (Å²) >= 11 is 0. The van der Waals surface area contributed by atoms with E-state index in [1.54, 1.807) is 0 Å². The molecule has 0 bridgehead atoms. The number of halogens is 1. The Morgan fingerprint density at radius 1 is 0.966 bits per heavy atom. The Labute approximate surface area is 168 Å². The van der Waals surface area contributed by atoms with Gasteiger partial charge in [-0.05, 0) is 48.7 Å². The van der Waals surface area contributed by atoms with Crippen molar-refractivity contribution in [2.75, 3.05) is 23.8 Å². The lowest BCUT2D eigenvalue weighted by Crippen LogP contribution is -2.38. The van der Waals surface area contributed by atoms with Crippen molar-refractivity contribution in [3.63, 3.8) is 0 Å². The number of anilines is 2. The average molecular weight is 398 g/mol. The van der Waals surface area contributed by atoms with Crippen LogP contribution in [0.4, 0.5) is 15.8 Å². The third-order valence-electron chi connectivity index (χ3n) is 5.52. The van der Waals surface area contributed by atoms with Gasteiger partial charge in [-0.2, -0.15) is 0 Å². The standard InChI is InChI=1S/C22H23FN2O4/c1-14(26)24-18-13-16(5-6-17(18)23)25-21(27)22(8-2-3-9-22)15-4-7-19-20(12-15)29-11-10-28-19/h4-7,12-13H,2-3,8-11H2,1H3,(H,24,26)(H,25,27). The van der Waals surface area contributed by atoms with Gasteiger partial charge in [0.2, 0.25) is 11.8 Å². The van der Waals surface area contributed by atoms with Crippen LogP contribution in [0.1, 0.15) is 38.2 Å². The number of hydrogen-bond acceptors (Lipinski definition) is 4. The van der Waals surface area contributed by atoms with E-state index in [2.05, 4.69) is 10.6 Å². The third kappa shape index (κ3) is 3.77. The van der Waals surface area contributed by atoms with Crippen molar-refractivity contribution in [2.45, 2.75) is 38.0 Å². The molecular formula is C22H23FN2O4. The molecular weight excluding hydrogens is 375 g/mol. The summed E-state index contributed by atoms with van der Waals surface area (Å²) in [4.78, 5) is 24.6. The number of rotatable bonds is 4. The highest BCUT2D eigenvalue weighted by Crippen LogP contribution is 2.45. The molecule has 2 amide bonds. The molecule has 2 aromatic carbocycles. The van der Waals surface area contributed by atoms with E-state index in [0.717, 1.165) is 31.2 Å². The van der Waals surface area contributed by atoms with Gasteiger partial charge in [0.25, 0.3) is 0 Å². The molecule has 1 heterocycles. The third-order valence-corrected chi connectivity index (χ3v) is 5.52. The van der Waals surface area contributed by atoms with Gasteiger partial charge in [0, 0.05) is 12.6 Å². The SMILES string of the molecule is CC(=O)Nc1cc(NC(=O)C2(c3ccc4c(c3)OCCO4)CCCC2)ccc1F. The first-order valence-corrected chi connectivity index (χ1v) is 9.77. The summed E-state index contributed by atoms with van der Waals surface area (Å²) in [7, 11) is 0. The van der Waals surface area contributed by atoms with Gasteiger partial charge < -0.3 is 20.1 Å². The Bertz CT molecular complexity index is 954. The molecule has 2 aliphatic rings. The second-order valence-electron chi connectivity index (χ2n) is 7.48. The lowest BCUT2D eigenvalue weighted by atomic mass is 9.77. The van der Waals surface area contributed by atoms with Crippen LogP contribution in [0.15, 0.2) is 36.4 Å². The van der Waals surface area contributed by atoms with Gasteiger partial charge in [-0.3, -0.25) is 9.59 Å². The molecule has 2 N–H and O–H groups in total. The fourth-order valence-corrected chi connectivity index (χ4v) is 4.11. The summed E-state index contributed by atoms with van der Waals surface area (Å²) in [6, 6.07) is 9.82. The summed E-state index contributed by atoms with van der Waals surface area (Å²) < 4.78 is 25.2. The van der Waals surface area contributed by atoms with Crippen LogP contribution < -0.4 is 20.1 Å². The van der Waals surface area contributed by atoms with Crippen LogP contribution in [-0.2, 0) is 15.0 Å². The molecule has 1 aliphatic carbocycles. The molecule has 0 radical (unpaired) electrons. The number of nitrogens with one attached hydrogen (secondary N) is 2. The zero-order chi connectivity index (χ0) is 20.4. The van der Waals surface area contributed by atoms with Crippen LogP contribution in [0.25, 0.3) is 0 Å². The van der Waals surface area contributed by atoms with Gasteiger partial charge in [0.15, 0.2) is 11.5 Å². The average Bonchev–Trinajstić information content (AvgIpc) is 3.21.